The molecule has 0 radical (unpaired) electrons. The van der Waals surface area contributed by atoms with Crippen molar-refractivity contribution in [3.63, 3.8) is 0 Å². The van der Waals surface area contributed by atoms with Crippen LogP contribution in [0, 0.1) is 5.92 Å². The molecule has 0 aliphatic rings. The molecule has 0 aliphatic heterocycles. The Kier molecular flexibility index (Phi) is 38.9. The van der Waals surface area contributed by atoms with E-state index in [9.17, 15) is 4.79 Å². The van der Waals surface area contributed by atoms with Gasteiger partial charge in [0, 0.05) is 6.42 Å². The van der Waals surface area contributed by atoms with Gasteiger partial charge in [-0.05, 0) is 25.3 Å². The summed E-state index contributed by atoms with van der Waals surface area (Å²) in [6.07, 6.45) is 40.1. The van der Waals surface area contributed by atoms with Gasteiger partial charge in [0.1, 0.15) is 0 Å². The van der Waals surface area contributed by atoms with Crippen molar-refractivity contribution >= 4 is 5.97 Å². The fourth-order valence-corrected chi connectivity index (χ4v) is 5.29. The maximum absolute atomic E-state index is 10.3. The van der Waals surface area contributed by atoms with Gasteiger partial charge in [-0.2, -0.15) is 0 Å². The molecule has 0 atom stereocenters. The molecule has 0 amide bonds. The van der Waals surface area contributed by atoms with Crippen molar-refractivity contribution in [2.45, 2.75) is 213 Å². The van der Waals surface area contributed by atoms with Crippen LogP contribution in [0.1, 0.15) is 213 Å². The van der Waals surface area contributed by atoms with Gasteiger partial charge in [-0.3, -0.25) is 4.79 Å². The Hall–Kier alpha value is -0.570. The molecular weight excluding hydrogens is 478 g/mol. The highest BCUT2D eigenvalue weighted by molar-refractivity contribution is 5.66. The van der Waals surface area contributed by atoms with E-state index in [1.165, 1.54) is 173 Å². The normalized spacial score (nSPS) is 11.1. The largest absolute Gasteiger partial charge is 0.481 e. The lowest BCUT2D eigenvalue weighted by Gasteiger charge is -2.04. The molecule has 0 aromatic rings. The Morgan fingerprint density at radius 1 is 0.487 bits per heavy atom. The van der Waals surface area contributed by atoms with Gasteiger partial charge < -0.3 is 10.8 Å². The Morgan fingerprint density at radius 3 is 1.05 bits per heavy atom. The molecule has 0 aromatic carbocycles. The van der Waals surface area contributed by atoms with Crippen molar-refractivity contribution in [1.82, 2.24) is 0 Å². The van der Waals surface area contributed by atoms with Gasteiger partial charge in [0.05, 0.1) is 0 Å². The van der Waals surface area contributed by atoms with E-state index in [0.29, 0.717) is 6.42 Å². The summed E-state index contributed by atoms with van der Waals surface area (Å²) >= 11 is 0. The first-order valence-electron chi connectivity index (χ1n) is 18.0. The first-order chi connectivity index (χ1) is 19.0. The molecule has 0 saturated carbocycles. The van der Waals surface area contributed by atoms with Crippen LogP contribution >= 0.6 is 0 Å². The summed E-state index contributed by atoms with van der Waals surface area (Å²) in [7, 11) is 0. The summed E-state index contributed by atoms with van der Waals surface area (Å²) in [5, 5.41) is 8.52. The maximum Gasteiger partial charge on any atom is 0.303 e. The molecule has 0 saturated heterocycles. The zero-order chi connectivity index (χ0) is 29.1. The summed E-state index contributed by atoms with van der Waals surface area (Å²) < 4.78 is 0. The van der Waals surface area contributed by atoms with Gasteiger partial charge in [0.25, 0.3) is 0 Å². The van der Waals surface area contributed by atoms with Crippen molar-refractivity contribution in [2.24, 2.45) is 11.7 Å². The van der Waals surface area contributed by atoms with Gasteiger partial charge in [0.15, 0.2) is 0 Å². The summed E-state index contributed by atoms with van der Waals surface area (Å²) in [5.74, 6) is 0.240. The lowest BCUT2D eigenvalue weighted by atomic mass is 10.0. The lowest BCUT2D eigenvalue weighted by molar-refractivity contribution is -0.137. The van der Waals surface area contributed by atoms with Crippen LogP contribution in [-0.2, 0) is 4.79 Å². The quantitative estimate of drug-likeness (QED) is 0.0839. The van der Waals surface area contributed by atoms with E-state index in [-0.39, 0.29) is 0 Å². The Bertz CT molecular complexity index is 438. The zero-order valence-electron chi connectivity index (χ0n) is 27.4. The predicted molar refractivity (Wildman–Crippen MR) is 176 cm³/mol. The summed E-state index contributed by atoms with van der Waals surface area (Å²) in [6.45, 7) is 7.80. The van der Waals surface area contributed by atoms with Gasteiger partial charge in [0.2, 0.25) is 0 Å². The van der Waals surface area contributed by atoms with E-state index >= 15 is 0 Å². The first kappa shape index (κ1) is 40.6. The highest BCUT2D eigenvalue weighted by Gasteiger charge is 1.98. The van der Waals surface area contributed by atoms with Crippen molar-refractivity contribution in [3.8, 4) is 0 Å². The average molecular weight is 554 g/mol. The van der Waals surface area contributed by atoms with Crippen molar-refractivity contribution in [3.05, 3.63) is 0 Å². The van der Waals surface area contributed by atoms with E-state index in [2.05, 4.69) is 20.8 Å². The molecule has 3 nitrogen and oxygen atoms in total. The molecule has 0 unspecified atom stereocenters. The van der Waals surface area contributed by atoms with E-state index < -0.39 is 5.97 Å². The second-order valence-corrected chi connectivity index (χ2v) is 12.7. The highest BCUT2D eigenvalue weighted by atomic mass is 16.4. The molecule has 3 heteroatoms. The molecule has 0 rings (SSSR count). The zero-order valence-corrected chi connectivity index (χ0v) is 27.4. The third-order valence-corrected chi connectivity index (χ3v) is 7.98. The fourth-order valence-electron chi connectivity index (χ4n) is 5.29. The van der Waals surface area contributed by atoms with Crippen LogP contribution in [0.2, 0.25) is 0 Å². The van der Waals surface area contributed by atoms with Crippen LogP contribution in [0.15, 0.2) is 0 Å². The summed E-state index contributed by atoms with van der Waals surface area (Å²) in [4.78, 5) is 10.3. The van der Waals surface area contributed by atoms with Gasteiger partial charge in [-0.15, -0.1) is 0 Å². The minimum atomic E-state index is -0.653. The van der Waals surface area contributed by atoms with Crippen LogP contribution < -0.4 is 5.73 Å². The Morgan fingerprint density at radius 2 is 0.769 bits per heavy atom. The molecular formula is C36H75NO2. The smallest absolute Gasteiger partial charge is 0.303 e. The van der Waals surface area contributed by atoms with Crippen LogP contribution in [0.25, 0.3) is 0 Å². The molecule has 0 bridgehead atoms. The van der Waals surface area contributed by atoms with Crippen LogP contribution in [-0.4, -0.2) is 17.6 Å². The van der Waals surface area contributed by atoms with Crippen molar-refractivity contribution < 1.29 is 9.90 Å². The summed E-state index contributed by atoms with van der Waals surface area (Å²) in [6, 6.07) is 0. The number of aliphatic carboxylic acids is 1. The Labute approximate surface area is 247 Å². The van der Waals surface area contributed by atoms with Crippen molar-refractivity contribution in [2.75, 3.05) is 6.54 Å². The minimum Gasteiger partial charge on any atom is -0.481 e. The SMILES string of the molecule is CC(C)CCCCCCCCCCCCCCCN.CCCCCCCCCCCCCCCCCC(=O)O. The van der Waals surface area contributed by atoms with E-state index in [0.717, 1.165) is 25.3 Å². The minimum absolute atomic E-state index is 0.345. The predicted octanol–water partition coefficient (Wildman–Crippen LogP) is 12.4. The second-order valence-electron chi connectivity index (χ2n) is 12.7. The van der Waals surface area contributed by atoms with Crippen LogP contribution in [0.4, 0.5) is 0 Å². The molecule has 0 aliphatic carbocycles. The molecule has 3 N–H and O–H groups in total. The number of rotatable bonds is 31. The number of unbranched alkanes of at least 4 members (excludes halogenated alkanes) is 26. The number of carboxylic acids is 1. The molecule has 0 spiro atoms. The van der Waals surface area contributed by atoms with Gasteiger partial charge in [-0.25, -0.2) is 0 Å². The second kappa shape index (κ2) is 37.4. The third kappa shape index (κ3) is 44.7. The molecule has 39 heavy (non-hydrogen) atoms. The van der Waals surface area contributed by atoms with Gasteiger partial charge in [-0.1, -0.05) is 194 Å². The molecule has 0 fully saturated rings. The first-order valence-corrected chi connectivity index (χ1v) is 18.0. The van der Waals surface area contributed by atoms with Gasteiger partial charge >= 0.3 is 5.97 Å². The topological polar surface area (TPSA) is 63.3 Å². The number of carboxylic acid groups (broad SMARTS) is 1. The number of hydrogen-bond acceptors (Lipinski definition) is 2. The number of carbonyl (C=O) groups is 1. The summed E-state index contributed by atoms with van der Waals surface area (Å²) in [5.41, 5.74) is 5.48. The van der Waals surface area contributed by atoms with Crippen LogP contribution in [0.3, 0.4) is 0 Å². The van der Waals surface area contributed by atoms with Crippen molar-refractivity contribution in [1.29, 1.82) is 0 Å². The molecule has 0 aromatic heterocycles. The van der Waals surface area contributed by atoms with E-state index in [4.69, 9.17) is 10.8 Å². The number of nitrogens with two attached hydrogens (primary N) is 1. The monoisotopic (exact) mass is 554 g/mol. The standard InChI is InChI=1S/C18H39N.C18H36O2/c1-18(2)16-14-12-10-8-6-4-3-5-7-9-11-13-15-17-19;1-2-3-4-5-6-7-8-9-10-11-12-13-14-15-16-17-18(19)20/h18H,3-17,19H2,1-2H3;2-17H2,1H3,(H,19,20). The molecule has 236 valence electrons. The third-order valence-electron chi connectivity index (χ3n) is 7.98. The average Bonchev–Trinajstić information content (AvgIpc) is 2.91. The maximum atomic E-state index is 10.3. The lowest BCUT2D eigenvalue weighted by Crippen LogP contribution is -1.97. The Balaban J connectivity index is 0. The van der Waals surface area contributed by atoms with E-state index in [1.807, 2.05) is 0 Å². The van der Waals surface area contributed by atoms with Crippen LogP contribution in [0.5, 0.6) is 0 Å². The number of hydrogen-bond donors (Lipinski definition) is 2. The fraction of sp³-hybridized carbons (Fsp3) is 0.972. The van der Waals surface area contributed by atoms with E-state index in [1.54, 1.807) is 0 Å². The highest BCUT2D eigenvalue weighted by Crippen LogP contribution is 2.15. The molecule has 0 heterocycles.